The number of nitriles is 1. The number of anilines is 3. The molecule has 0 aliphatic rings. The highest BCUT2D eigenvalue weighted by atomic mass is 19.4. The van der Waals surface area contributed by atoms with Gasteiger partial charge in [0.2, 0.25) is 0 Å². The van der Waals surface area contributed by atoms with Crippen molar-refractivity contribution in [3.05, 3.63) is 53.3 Å². The molecule has 21 heavy (non-hydrogen) atoms. The summed E-state index contributed by atoms with van der Waals surface area (Å²) in [5, 5.41) is 11.3. The minimum absolute atomic E-state index is 0.146. The standard InChI is InChI=1S/C14H9F4N3/c15-11-3-1-9(14(16,17)18)6-13(11)21-10-2-4-12(20)8(5-10)7-19/h1-6,21H,20H2. The van der Waals surface area contributed by atoms with E-state index in [4.69, 9.17) is 11.0 Å². The smallest absolute Gasteiger partial charge is 0.398 e. The summed E-state index contributed by atoms with van der Waals surface area (Å²) >= 11 is 0. The maximum absolute atomic E-state index is 13.6. The van der Waals surface area contributed by atoms with Crippen molar-refractivity contribution >= 4 is 17.1 Å². The van der Waals surface area contributed by atoms with Crippen molar-refractivity contribution < 1.29 is 17.6 Å². The van der Waals surface area contributed by atoms with Crippen molar-refractivity contribution in [3.63, 3.8) is 0 Å². The summed E-state index contributed by atoms with van der Waals surface area (Å²) in [6.45, 7) is 0. The van der Waals surface area contributed by atoms with Gasteiger partial charge in [0, 0.05) is 11.4 Å². The number of nitrogens with zero attached hydrogens (tertiary/aromatic N) is 1. The highest BCUT2D eigenvalue weighted by Gasteiger charge is 2.31. The van der Waals surface area contributed by atoms with Crippen LogP contribution in [-0.4, -0.2) is 0 Å². The monoisotopic (exact) mass is 295 g/mol. The van der Waals surface area contributed by atoms with Crippen LogP contribution in [0.1, 0.15) is 11.1 Å². The number of alkyl halides is 3. The van der Waals surface area contributed by atoms with Crippen LogP contribution in [0.15, 0.2) is 36.4 Å². The first-order valence-corrected chi connectivity index (χ1v) is 5.74. The Bertz CT molecular complexity index is 717. The zero-order valence-corrected chi connectivity index (χ0v) is 10.5. The lowest BCUT2D eigenvalue weighted by molar-refractivity contribution is -0.137. The van der Waals surface area contributed by atoms with Crippen LogP contribution in [0.5, 0.6) is 0 Å². The zero-order valence-electron chi connectivity index (χ0n) is 10.5. The first-order valence-electron chi connectivity index (χ1n) is 5.74. The molecular weight excluding hydrogens is 286 g/mol. The lowest BCUT2D eigenvalue weighted by Crippen LogP contribution is -2.06. The van der Waals surface area contributed by atoms with Crippen molar-refractivity contribution in [1.82, 2.24) is 0 Å². The Morgan fingerprint density at radius 1 is 1.10 bits per heavy atom. The molecule has 0 saturated heterocycles. The maximum Gasteiger partial charge on any atom is 0.416 e. The van der Waals surface area contributed by atoms with Crippen LogP contribution in [-0.2, 0) is 6.18 Å². The molecule has 0 saturated carbocycles. The number of halogens is 4. The Morgan fingerprint density at radius 3 is 2.43 bits per heavy atom. The van der Waals surface area contributed by atoms with E-state index in [-0.39, 0.29) is 22.6 Å². The van der Waals surface area contributed by atoms with Gasteiger partial charge >= 0.3 is 6.18 Å². The van der Waals surface area contributed by atoms with Gasteiger partial charge in [-0.25, -0.2) is 4.39 Å². The second-order valence-corrected chi connectivity index (χ2v) is 4.23. The number of benzene rings is 2. The largest absolute Gasteiger partial charge is 0.416 e. The minimum Gasteiger partial charge on any atom is -0.398 e. The first-order chi connectivity index (χ1) is 9.81. The third kappa shape index (κ3) is 3.23. The number of nitrogens with two attached hydrogens (primary N) is 1. The van der Waals surface area contributed by atoms with Gasteiger partial charge in [0.05, 0.1) is 16.8 Å². The molecular formula is C14H9F4N3. The maximum atomic E-state index is 13.6. The highest BCUT2D eigenvalue weighted by Crippen LogP contribution is 2.33. The van der Waals surface area contributed by atoms with Crippen LogP contribution in [0.3, 0.4) is 0 Å². The highest BCUT2D eigenvalue weighted by molar-refractivity contribution is 5.67. The van der Waals surface area contributed by atoms with Crippen LogP contribution >= 0.6 is 0 Å². The Hall–Kier alpha value is -2.75. The third-order valence-corrected chi connectivity index (χ3v) is 2.75. The number of hydrogen-bond acceptors (Lipinski definition) is 3. The molecule has 0 unspecified atom stereocenters. The van der Waals surface area contributed by atoms with E-state index in [0.717, 1.165) is 6.07 Å². The number of nitrogen functional groups attached to an aromatic ring is 1. The molecule has 0 aliphatic heterocycles. The number of rotatable bonds is 2. The topological polar surface area (TPSA) is 61.8 Å². The van der Waals surface area contributed by atoms with E-state index in [1.54, 1.807) is 0 Å². The third-order valence-electron chi connectivity index (χ3n) is 2.75. The van der Waals surface area contributed by atoms with Gasteiger partial charge in [-0.05, 0) is 36.4 Å². The van der Waals surface area contributed by atoms with E-state index in [0.29, 0.717) is 12.1 Å². The number of hydrogen-bond donors (Lipinski definition) is 2. The molecule has 2 aromatic carbocycles. The lowest BCUT2D eigenvalue weighted by Gasteiger charge is -2.12. The molecule has 7 heteroatoms. The summed E-state index contributed by atoms with van der Waals surface area (Å²) in [6.07, 6.45) is -4.57. The average Bonchev–Trinajstić information content (AvgIpc) is 2.42. The predicted molar refractivity (Wildman–Crippen MR) is 70.3 cm³/mol. The molecule has 2 aromatic rings. The average molecular weight is 295 g/mol. The first kappa shape index (κ1) is 14.7. The van der Waals surface area contributed by atoms with Crippen LogP contribution in [0.4, 0.5) is 34.6 Å². The van der Waals surface area contributed by atoms with Gasteiger partial charge in [-0.3, -0.25) is 0 Å². The normalized spacial score (nSPS) is 11.0. The van der Waals surface area contributed by atoms with Crippen LogP contribution in [0.2, 0.25) is 0 Å². The molecule has 0 aromatic heterocycles. The molecule has 0 aliphatic carbocycles. The summed E-state index contributed by atoms with van der Waals surface area (Å²) in [7, 11) is 0. The molecule has 0 bridgehead atoms. The van der Waals surface area contributed by atoms with Gasteiger partial charge in [0.25, 0.3) is 0 Å². The molecule has 3 N–H and O–H groups in total. The summed E-state index contributed by atoms with van der Waals surface area (Å²) in [6, 6.07) is 8.06. The Kier molecular flexibility index (Phi) is 3.72. The van der Waals surface area contributed by atoms with Crippen LogP contribution < -0.4 is 11.1 Å². The summed E-state index contributed by atoms with van der Waals surface area (Å²) in [4.78, 5) is 0. The minimum atomic E-state index is -4.57. The summed E-state index contributed by atoms with van der Waals surface area (Å²) in [5.41, 5.74) is 4.86. The van der Waals surface area contributed by atoms with Crippen molar-refractivity contribution in [2.45, 2.75) is 6.18 Å². The summed E-state index contributed by atoms with van der Waals surface area (Å²) in [5.74, 6) is -0.835. The Balaban J connectivity index is 2.38. The molecule has 0 radical (unpaired) electrons. The second kappa shape index (κ2) is 5.32. The van der Waals surface area contributed by atoms with Crippen LogP contribution in [0, 0.1) is 17.1 Å². The summed E-state index contributed by atoms with van der Waals surface area (Å²) < 4.78 is 51.4. The van der Waals surface area contributed by atoms with Crippen molar-refractivity contribution in [3.8, 4) is 6.07 Å². The molecule has 0 atom stereocenters. The molecule has 0 amide bonds. The van der Waals surface area contributed by atoms with Gasteiger partial charge in [0.1, 0.15) is 11.9 Å². The van der Waals surface area contributed by atoms with E-state index in [1.807, 2.05) is 6.07 Å². The second-order valence-electron chi connectivity index (χ2n) is 4.23. The fourth-order valence-electron chi connectivity index (χ4n) is 1.68. The van der Waals surface area contributed by atoms with Crippen molar-refractivity contribution in [2.75, 3.05) is 11.1 Å². The zero-order chi connectivity index (χ0) is 15.6. The fraction of sp³-hybridized carbons (Fsp3) is 0.0714. The van der Waals surface area contributed by atoms with Crippen molar-refractivity contribution in [2.24, 2.45) is 0 Å². The van der Waals surface area contributed by atoms with Gasteiger partial charge in [0.15, 0.2) is 0 Å². The van der Waals surface area contributed by atoms with E-state index in [1.165, 1.54) is 18.2 Å². The fourth-order valence-corrected chi connectivity index (χ4v) is 1.68. The van der Waals surface area contributed by atoms with E-state index < -0.39 is 17.6 Å². The predicted octanol–water partition coefficient (Wildman–Crippen LogP) is 4.04. The lowest BCUT2D eigenvalue weighted by atomic mass is 10.1. The molecule has 0 fully saturated rings. The Morgan fingerprint density at radius 2 is 1.81 bits per heavy atom. The molecule has 108 valence electrons. The van der Waals surface area contributed by atoms with Crippen molar-refractivity contribution in [1.29, 1.82) is 5.26 Å². The van der Waals surface area contributed by atoms with Gasteiger partial charge in [-0.1, -0.05) is 0 Å². The van der Waals surface area contributed by atoms with Crippen LogP contribution in [0.25, 0.3) is 0 Å². The number of nitrogens with one attached hydrogen (secondary N) is 1. The SMILES string of the molecule is N#Cc1cc(Nc2cc(C(F)(F)F)ccc2F)ccc1N. The van der Waals surface area contributed by atoms with Gasteiger partial charge < -0.3 is 11.1 Å². The Labute approximate surface area is 117 Å². The van der Waals surface area contributed by atoms with Gasteiger partial charge in [-0.2, -0.15) is 18.4 Å². The van der Waals surface area contributed by atoms with E-state index >= 15 is 0 Å². The quantitative estimate of drug-likeness (QED) is 0.649. The molecule has 2 rings (SSSR count). The van der Waals surface area contributed by atoms with E-state index in [2.05, 4.69) is 5.32 Å². The molecule has 3 nitrogen and oxygen atoms in total. The van der Waals surface area contributed by atoms with Gasteiger partial charge in [-0.15, -0.1) is 0 Å². The van der Waals surface area contributed by atoms with E-state index in [9.17, 15) is 17.6 Å². The molecule has 0 heterocycles. The molecule has 0 spiro atoms.